The number of benzene rings is 1. The van der Waals surface area contributed by atoms with Gasteiger partial charge in [-0.15, -0.1) is 0 Å². The van der Waals surface area contributed by atoms with E-state index in [9.17, 15) is 17.2 Å². The van der Waals surface area contributed by atoms with E-state index in [1.54, 1.807) is 11.8 Å². The van der Waals surface area contributed by atoms with Crippen molar-refractivity contribution >= 4 is 15.7 Å². The molecule has 0 atom stereocenters. The Bertz CT molecular complexity index is 850. The van der Waals surface area contributed by atoms with Crippen LogP contribution in [0, 0.1) is 12.3 Å². The molecule has 22 heavy (non-hydrogen) atoms. The van der Waals surface area contributed by atoms with Crippen LogP contribution in [0.4, 0.5) is 8.78 Å². The van der Waals surface area contributed by atoms with Crippen molar-refractivity contribution in [3.8, 4) is 0 Å². The maximum Gasteiger partial charge on any atom is 0.276 e. The molecule has 122 valence electrons. The smallest absolute Gasteiger partial charge is 0.207 e. The van der Waals surface area contributed by atoms with Gasteiger partial charge in [-0.1, -0.05) is 31.4 Å². The summed E-state index contributed by atoms with van der Waals surface area (Å²) in [6.07, 6.45) is -2.97. The maximum atomic E-state index is 14.0. The molecule has 1 aliphatic carbocycles. The van der Waals surface area contributed by atoms with Crippen LogP contribution in [0.25, 0.3) is 0 Å². The monoisotopic (exact) mass is 336 g/mol. The van der Waals surface area contributed by atoms with E-state index in [1.165, 1.54) is 24.3 Å². The first-order chi connectivity index (χ1) is 12.5. The first kappa shape index (κ1) is 10.3. The zero-order chi connectivity index (χ0) is 21.6. The van der Waals surface area contributed by atoms with Crippen LogP contribution < -0.4 is 4.83 Å². The molecule has 0 heterocycles. The van der Waals surface area contributed by atoms with Crippen LogP contribution in [-0.4, -0.2) is 20.1 Å². The van der Waals surface area contributed by atoms with Crippen molar-refractivity contribution in [2.75, 3.05) is 0 Å². The number of hydrogen-bond acceptors (Lipinski definition) is 3. The number of rotatable bonds is 3. The maximum absolute atomic E-state index is 14.0. The van der Waals surface area contributed by atoms with Crippen LogP contribution >= 0.6 is 0 Å². The molecule has 1 fully saturated rings. The quantitative estimate of drug-likeness (QED) is 0.859. The molecule has 0 saturated heterocycles. The van der Waals surface area contributed by atoms with Gasteiger partial charge in [0.05, 0.1) is 4.90 Å². The van der Waals surface area contributed by atoms with Gasteiger partial charge in [-0.25, -0.2) is 13.6 Å². The zero-order valence-electron chi connectivity index (χ0n) is 17.9. The predicted octanol–water partition coefficient (Wildman–Crippen LogP) is 3.47. The average molecular weight is 336 g/mol. The van der Waals surface area contributed by atoms with Crippen molar-refractivity contribution in [3.05, 3.63) is 29.8 Å². The molecule has 0 spiro atoms. The van der Waals surface area contributed by atoms with Gasteiger partial charge >= 0.3 is 0 Å². The van der Waals surface area contributed by atoms with Crippen LogP contribution in [0.3, 0.4) is 0 Å². The number of aryl methyl sites for hydroxylation is 1. The molecular formula is C15H20F2N2O2S. The number of nitrogens with one attached hydrogen (secondary N) is 1. The molecule has 0 amide bonds. The molecule has 2 rings (SSSR count). The normalized spacial score (nSPS) is 27.7. The third kappa shape index (κ3) is 3.82. The number of hydrogen-bond donors (Lipinski definition) is 1. The summed E-state index contributed by atoms with van der Waals surface area (Å²) in [5, 5.41) is 3.53. The molecule has 0 aromatic heterocycles. The lowest BCUT2D eigenvalue weighted by molar-refractivity contribution is -0.0430. The second kappa shape index (κ2) is 5.61. The van der Waals surface area contributed by atoms with E-state index >= 15 is 0 Å². The number of nitrogens with zero attached hydrogens (tertiary/aromatic N) is 1. The summed E-state index contributed by atoms with van der Waals surface area (Å²) in [5.74, 6) is -3.53. The lowest BCUT2D eigenvalue weighted by Crippen LogP contribution is -2.40. The topological polar surface area (TPSA) is 58.5 Å². The van der Waals surface area contributed by atoms with Gasteiger partial charge in [0.25, 0.3) is 10.0 Å². The fourth-order valence-corrected chi connectivity index (χ4v) is 2.96. The van der Waals surface area contributed by atoms with Gasteiger partial charge in [0.1, 0.15) is 0 Å². The third-order valence-corrected chi connectivity index (χ3v) is 4.60. The number of halogens is 2. The van der Waals surface area contributed by atoms with Crippen molar-refractivity contribution in [3.63, 3.8) is 0 Å². The lowest BCUT2D eigenvalue weighted by Gasteiger charge is -2.36. The molecule has 0 bridgehead atoms. The van der Waals surface area contributed by atoms with Gasteiger partial charge in [-0.2, -0.15) is 13.5 Å². The molecule has 1 aromatic carbocycles. The van der Waals surface area contributed by atoms with Gasteiger partial charge in [0, 0.05) is 32.2 Å². The van der Waals surface area contributed by atoms with Crippen LogP contribution in [0.2, 0.25) is 0 Å². The molecular weight excluding hydrogens is 310 g/mol. The van der Waals surface area contributed by atoms with Crippen LogP contribution in [-0.2, 0) is 10.0 Å². The van der Waals surface area contributed by atoms with Gasteiger partial charge in [0.15, 0.2) is 0 Å². The molecule has 0 aliphatic heterocycles. The van der Waals surface area contributed by atoms with Gasteiger partial charge in [0.2, 0.25) is 5.92 Å². The SMILES string of the molecule is [2H]C([2H])([2H])C1(C([2H])([2H])[2H])CC(F)(F)CC/C1=N/NS(=O)(=O)c1ccc(C)cc1. The van der Waals surface area contributed by atoms with Crippen LogP contribution in [0.1, 0.15) is 46.8 Å². The lowest BCUT2D eigenvalue weighted by atomic mass is 9.74. The summed E-state index contributed by atoms with van der Waals surface area (Å²) in [7, 11) is -4.24. The van der Waals surface area contributed by atoms with E-state index in [1.807, 2.05) is 0 Å². The summed E-state index contributed by atoms with van der Waals surface area (Å²) in [5.41, 5.74) is -2.80. The Morgan fingerprint density at radius 1 is 1.27 bits per heavy atom. The molecule has 1 aromatic rings. The first-order valence-electron chi connectivity index (χ1n) is 9.55. The summed E-state index contributed by atoms with van der Waals surface area (Å²) in [4.78, 5) is 1.62. The Kier molecular flexibility index (Phi) is 2.63. The van der Waals surface area contributed by atoms with Crippen LogP contribution in [0.15, 0.2) is 34.3 Å². The minimum Gasteiger partial charge on any atom is -0.207 e. The van der Waals surface area contributed by atoms with Crippen molar-refractivity contribution in [2.45, 2.75) is 50.7 Å². The summed E-state index contributed by atoms with van der Waals surface area (Å²) < 4.78 is 98.6. The van der Waals surface area contributed by atoms with E-state index < -0.39 is 60.0 Å². The van der Waals surface area contributed by atoms with Crippen molar-refractivity contribution in [2.24, 2.45) is 10.5 Å². The van der Waals surface area contributed by atoms with E-state index in [0.717, 1.165) is 5.56 Å². The molecule has 7 heteroatoms. The summed E-state index contributed by atoms with van der Waals surface area (Å²) >= 11 is 0. The first-order valence-corrected chi connectivity index (χ1v) is 8.04. The number of alkyl halides is 2. The second-order valence-corrected chi connectivity index (χ2v) is 7.07. The molecule has 0 unspecified atom stereocenters. The fourth-order valence-electron chi connectivity index (χ4n) is 2.13. The van der Waals surface area contributed by atoms with Crippen LogP contribution in [0.5, 0.6) is 0 Å². The van der Waals surface area contributed by atoms with E-state index in [0.29, 0.717) is 0 Å². The van der Waals surface area contributed by atoms with Gasteiger partial charge in [-0.3, -0.25) is 0 Å². The summed E-state index contributed by atoms with van der Waals surface area (Å²) in [6.45, 7) is -4.96. The zero-order valence-corrected chi connectivity index (χ0v) is 12.7. The van der Waals surface area contributed by atoms with E-state index in [2.05, 4.69) is 5.10 Å². The molecule has 4 nitrogen and oxygen atoms in total. The Hall–Kier alpha value is -1.50. The molecule has 1 saturated carbocycles. The predicted molar refractivity (Wildman–Crippen MR) is 81.5 cm³/mol. The Labute approximate surface area is 138 Å². The van der Waals surface area contributed by atoms with E-state index in [-0.39, 0.29) is 4.90 Å². The molecule has 0 radical (unpaired) electrons. The molecule has 1 aliphatic rings. The summed E-state index contributed by atoms with van der Waals surface area (Å²) in [6, 6.07) is 5.62. The molecule has 1 N–H and O–H groups in total. The van der Waals surface area contributed by atoms with E-state index in [4.69, 9.17) is 8.22 Å². The van der Waals surface area contributed by atoms with Crippen molar-refractivity contribution in [1.29, 1.82) is 0 Å². The minimum absolute atomic E-state index is 0.183. The second-order valence-electron chi connectivity index (χ2n) is 5.40. The van der Waals surface area contributed by atoms with Crippen molar-refractivity contribution in [1.82, 2.24) is 4.83 Å². The number of hydrazone groups is 1. The Balaban J connectivity index is 2.52. The highest BCUT2D eigenvalue weighted by Gasteiger charge is 2.44. The third-order valence-electron chi connectivity index (χ3n) is 3.38. The highest BCUT2D eigenvalue weighted by molar-refractivity contribution is 7.89. The Morgan fingerprint density at radius 2 is 1.91 bits per heavy atom. The largest absolute Gasteiger partial charge is 0.276 e. The minimum atomic E-state index is -4.24. The van der Waals surface area contributed by atoms with Gasteiger partial charge in [-0.05, 0) is 25.5 Å². The highest BCUT2D eigenvalue weighted by atomic mass is 32.2. The standard InChI is InChI=1S/C15H20F2N2O2S/c1-11-4-6-12(7-5-11)22(20,21)19-18-13-8-9-15(16,17)10-14(13,2)3/h4-7,19H,8-10H2,1-3H3/b18-13-/i2D3,3D3. The fraction of sp³-hybridized carbons (Fsp3) is 0.533. The average Bonchev–Trinajstić information content (AvgIpc) is 2.51. The Morgan fingerprint density at radius 3 is 2.50 bits per heavy atom. The van der Waals surface area contributed by atoms with Crippen molar-refractivity contribution < 1.29 is 25.4 Å². The van der Waals surface area contributed by atoms with Gasteiger partial charge < -0.3 is 0 Å². The highest BCUT2D eigenvalue weighted by Crippen LogP contribution is 2.42. The number of sulfonamides is 1.